The molecule has 0 radical (unpaired) electrons. The van der Waals surface area contributed by atoms with Gasteiger partial charge in [-0.1, -0.05) is 12.8 Å². The number of hydrogen-bond donors (Lipinski definition) is 2. The maximum absolute atomic E-state index is 12.9. The molecule has 4 rings (SSSR count). The number of morpholine rings is 1. The molecule has 1 spiro atoms. The van der Waals surface area contributed by atoms with Gasteiger partial charge in [-0.2, -0.15) is 4.31 Å². The van der Waals surface area contributed by atoms with Crippen molar-refractivity contribution >= 4 is 33.6 Å². The van der Waals surface area contributed by atoms with Crippen molar-refractivity contribution in [3.8, 4) is 0 Å². The van der Waals surface area contributed by atoms with E-state index in [1.165, 1.54) is 21.3 Å². The average molecular weight is 493 g/mol. The first-order valence-electron chi connectivity index (χ1n) is 11.8. The molecule has 2 N–H and O–H groups in total. The third-order valence-corrected chi connectivity index (χ3v) is 8.50. The van der Waals surface area contributed by atoms with Crippen LogP contribution >= 0.6 is 0 Å². The van der Waals surface area contributed by atoms with E-state index in [2.05, 4.69) is 10.6 Å². The van der Waals surface area contributed by atoms with Crippen molar-refractivity contribution in [3.05, 3.63) is 24.3 Å². The summed E-state index contributed by atoms with van der Waals surface area (Å²) in [7, 11) is -3.65. The zero-order chi connectivity index (χ0) is 24.5. The van der Waals surface area contributed by atoms with Gasteiger partial charge in [0.2, 0.25) is 15.9 Å². The van der Waals surface area contributed by atoms with Crippen molar-refractivity contribution in [3.63, 3.8) is 0 Å². The van der Waals surface area contributed by atoms with Crippen molar-refractivity contribution < 1.29 is 27.5 Å². The van der Waals surface area contributed by atoms with Crippen molar-refractivity contribution in [2.24, 2.45) is 0 Å². The molecule has 2 aliphatic heterocycles. The molecule has 1 aromatic rings. The maximum Gasteiger partial charge on any atom is 0.325 e. The number of rotatable bonds is 7. The van der Waals surface area contributed by atoms with E-state index >= 15 is 0 Å². The number of anilines is 1. The SMILES string of the molecule is C[C@@H]1CN(S(=O)(=O)c2ccc(NC(=O)CCCN3C(=O)NC4(CCCC4)C3=O)cc2)C[C@@H](C)O1. The normalized spacial score (nSPS) is 25.1. The fourth-order valence-corrected chi connectivity index (χ4v) is 6.59. The molecule has 3 aliphatic rings. The molecule has 1 saturated carbocycles. The molecule has 2 heterocycles. The number of nitrogens with zero attached hydrogens (tertiary/aromatic N) is 2. The van der Waals surface area contributed by atoms with Crippen LogP contribution in [0, 0.1) is 0 Å². The summed E-state index contributed by atoms with van der Waals surface area (Å²) in [5.41, 5.74) is -0.258. The molecule has 11 heteroatoms. The smallest absolute Gasteiger partial charge is 0.325 e. The van der Waals surface area contributed by atoms with Crippen molar-refractivity contribution in [2.75, 3.05) is 25.0 Å². The van der Waals surface area contributed by atoms with Crippen LogP contribution in [0.25, 0.3) is 0 Å². The first kappa shape index (κ1) is 24.6. The second-order valence-electron chi connectivity index (χ2n) is 9.43. The third kappa shape index (κ3) is 4.96. The number of carbonyl (C=O) groups excluding carboxylic acids is 3. The molecular formula is C23H32N4O6S. The highest BCUT2D eigenvalue weighted by molar-refractivity contribution is 7.89. The van der Waals surface area contributed by atoms with Crippen LogP contribution in [0.3, 0.4) is 0 Å². The predicted octanol–water partition coefficient (Wildman–Crippen LogP) is 2.07. The second-order valence-corrected chi connectivity index (χ2v) is 11.4. The van der Waals surface area contributed by atoms with Crippen LogP contribution in [0.15, 0.2) is 29.2 Å². The summed E-state index contributed by atoms with van der Waals surface area (Å²) < 4.78 is 32.9. The summed E-state index contributed by atoms with van der Waals surface area (Å²) in [5.74, 6) is -0.453. The van der Waals surface area contributed by atoms with E-state index < -0.39 is 15.6 Å². The highest BCUT2D eigenvalue weighted by atomic mass is 32.2. The monoisotopic (exact) mass is 492 g/mol. The minimum absolute atomic E-state index is 0.133. The predicted molar refractivity (Wildman–Crippen MR) is 125 cm³/mol. The molecule has 0 bridgehead atoms. The van der Waals surface area contributed by atoms with Crippen molar-refractivity contribution in [1.29, 1.82) is 0 Å². The lowest BCUT2D eigenvalue weighted by Crippen LogP contribution is -2.48. The minimum Gasteiger partial charge on any atom is -0.373 e. The summed E-state index contributed by atoms with van der Waals surface area (Å²) >= 11 is 0. The standard InChI is InChI=1S/C23H32N4O6S/c1-16-14-26(15-17(2)33-16)34(31,32)19-9-7-18(8-10-19)24-20(28)6-5-13-27-21(29)23(25-22(27)30)11-3-4-12-23/h7-10,16-17H,3-6,11-15H2,1-2H3,(H,24,28)(H,25,30)/t16-,17-/m1/s1. The van der Waals surface area contributed by atoms with Gasteiger partial charge in [0.1, 0.15) is 5.54 Å². The van der Waals surface area contributed by atoms with Gasteiger partial charge in [0, 0.05) is 31.7 Å². The molecule has 34 heavy (non-hydrogen) atoms. The molecule has 1 aliphatic carbocycles. The van der Waals surface area contributed by atoms with Gasteiger partial charge >= 0.3 is 6.03 Å². The van der Waals surface area contributed by atoms with E-state index in [1.54, 1.807) is 12.1 Å². The van der Waals surface area contributed by atoms with E-state index in [0.29, 0.717) is 38.0 Å². The zero-order valence-corrected chi connectivity index (χ0v) is 20.4. The Balaban J connectivity index is 1.28. The minimum atomic E-state index is -3.65. The molecule has 10 nitrogen and oxygen atoms in total. The van der Waals surface area contributed by atoms with Crippen molar-refractivity contribution in [1.82, 2.24) is 14.5 Å². The Labute approximate surface area is 200 Å². The Hall–Kier alpha value is -2.50. The van der Waals surface area contributed by atoms with E-state index in [1.807, 2.05) is 13.8 Å². The Kier molecular flexibility index (Phi) is 6.97. The van der Waals surface area contributed by atoms with Crippen LogP contribution in [-0.4, -0.2) is 72.8 Å². The first-order chi connectivity index (χ1) is 16.1. The summed E-state index contributed by atoms with van der Waals surface area (Å²) in [5, 5.41) is 5.57. The van der Waals surface area contributed by atoms with Gasteiger partial charge in [-0.3, -0.25) is 14.5 Å². The summed E-state index contributed by atoms with van der Waals surface area (Å²) in [6.45, 7) is 4.46. The molecule has 4 amide bonds. The molecular weight excluding hydrogens is 460 g/mol. The van der Waals surface area contributed by atoms with Gasteiger partial charge in [-0.05, 0) is 57.4 Å². The maximum atomic E-state index is 12.9. The number of amides is 4. The van der Waals surface area contributed by atoms with Crippen LogP contribution < -0.4 is 10.6 Å². The lowest BCUT2D eigenvalue weighted by Gasteiger charge is -2.34. The van der Waals surface area contributed by atoms with E-state index in [4.69, 9.17) is 4.74 Å². The van der Waals surface area contributed by atoms with Crippen LogP contribution in [0.5, 0.6) is 0 Å². The van der Waals surface area contributed by atoms with Crippen molar-refractivity contribution in [2.45, 2.75) is 75.0 Å². The summed E-state index contributed by atoms with van der Waals surface area (Å²) in [6, 6.07) is 5.68. The largest absolute Gasteiger partial charge is 0.373 e. The van der Waals surface area contributed by atoms with Gasteiger partial charge in [0.05, 0.1) is 17.1 Å². The average Bonchev–Trinajstić information content (AvgIpc) is 3.33. The Bertz CT molecular complexity index is 1040. The first-order valence-corrected chi connectivity index (χ1v) is 13.2. The number of benzene rings is 1. The number of imide groups is 1. The van der Waals surface area contributed by atoms with Crippen LogP contribution in [0.1, 0.15) is 52.4 Å². The van der Waals surface area contributed by atoms with E-state index in [0.717, 1.165) is 12.8 Å². The quantitative estimate of drug-likeness (QED) is 0.562. The molecule has 2 saturated heterocycles. The highest BCUT2D eigenvalue weighted by Gasteiger charge is 2.52. The highest BCUT2D eigenvalue weighted by Crippen LogP contribution is 2.35. The zero-order valence-electron chi connectivity index (χ0n) is 19.6. The van der Waals surface area contributed by atoms with Gasteiger partial charge in [-0.15, -0.1) is 0 Å². The topological polar surface area (TPSA) is 125 Å². The number of nitrogens with one attached hydrogen (secondary N) is 2. The molecule has 186 valence electrons. The lowest BCUT2D eigenvalue weighted by atomic mass is 9.98. The second kappa shape index (κ2) is 9.63. The van der Waals surface area contributed by atoms with Crippen LogP contribution in [0.2, 0.25) is 0 Å². The Morgan fingerprint density at radius 3 is 2.35 bits per heavy atom. The van der Waals surface area contributed by atoms with E-state index in [-0.39, 0.29) is 47.9 Å². The third-order valence-electron chi connectivity index (χ3n) is 6.65. The number of sulfonamides is 1. The van der Waals surface area contributed by atoms with Gasteiger partial charge < -0.3 is 15.4 Å². The number of hydrogen-bond acceptors (Lipinski definition) is 6. The van der Waals surface area contributed by atoms with Crippen LogP contribution in [0.4, 0.5) is 10.5 Å². The summed E-state index contributed by atoms with van der Waals surface area (Å²) in [4.78, 5) is 38.6. The number of carbonyl (C=O) groups is 3. The molecule has 0 aromatic heterocycles. The Morgan fingerprint density at radius 1 is 1.12 bits per heavy atom. The molecule has 3 fully saturated rings. The van der Waals surface area contributed by atoms with E-state index in [9.17, 15) is 22.8 Å². The number of ether oxygens (including phenoxy) is 1. The number of urea groups is 1. The van der Waals surface area contributed by atoms with Gasteiger partial charge in [0.25, 0.3) is 5.91 Å². The fourth-order valence-electron chi connectivity index (χ4n) is 5.00. The summed E-state index contributed by atoms with van der Waals surface area (Å²) in [6.07, 6.45) is 3.31. The molecule has 1 aromatic carbocycles. The Morgan fingerprint density at radius 2 is 1.74 bits per heavy atom. The lowest BCUT2D eigenvalue weighted by molar-refractivity contribution is -0.131. The fraction of sp³-hybridized carbons (Fsp3) is 0.609. The molecule has 0 unspecified atom stereocenters. The van der Waals surface area contributed by atoms with Gasteiger partial charge in [0.15, 0.2) is 0 Å². The van der Waals surface area contributed by atoms with Crippen LogP contribution in [-0.2, 0) is 24.3 Å². The van der Waals surface area contributed by atoms with Gasteiger partial charge in [-0.25, -0.2) is 13.2 Å². The molecule has 2 atom stereocenters.